The van der Waals surface area contributed by atoms with Gasteiger partial charge in [0.15, 0.2) is 0 Å². The van der Waals surface area contributed by atoms with E-state index in [9.17, 15) is 4.79 Å². The van der Waals surface area contributed by atoms with Crippen molar-refractivity contribution in [3.05, 3.63) is 29.3 Å². The number of rotatable bonds is 7. The molecule has 0 radical (unpaired) electrons. The molecule has 0 spiro atoms. The van der Waals surface area contributed by atoms with E-state index in [1.54, 1.807) is 0 Å². The summed E-state index contributed by atoms with van der Waals surface area (Å²) in [6.07, 6.45) is 0. The topological polar surface area (TPSA) is 44.8 Å². The van der Waals surface area contributed by atoms with Crippen molar-refractivity contribution in [2.75, 3.05) is 39.3 Å². The second-order valence-corrected chi connectivity index (χ2v) is 6.90. The van der Waals surface area contributed by atoms with Gasteiger partial charge in [-0.25, -0.2) is 0 Å². The van der Waals surface area contributed by atoms with Crippen LogP contribution in [0.2, 0.25) is 5.02 Å². The van der Waals surface area contributed by atoms with E-state index < -0.39 is 0 Å². The van der Waals surface area contributed by atoms with E-state index in [0.717, 1.165) is 38.5 Å². The van der Waals surface area contributed by atoms with Crippen molar-refractivity contribution >= 4 is 17.5 Å². The molecule has 1 amide bonds. The van der Waals surface area contributed by atoms with Gasteiger partial charge in [0.25, 0.3) is 0 Å². The third kappa shape index (κ3) is 5.65. The van der Waals surface area contributed by atoms with E-state index in [1.807, 2.05) is 45.0 Å². The molecule has 1 heterocycles. The quantitative estimate of drug-likeness (QED) is 0.816. The molecule has 24 heavy (non-hydrogen) atoms. The minimum Gasteiger partial charge on any atom is -0.491 e. The van der Waals surface area contributed by atoms with Crippen LogP contribution >= 0.6 is 11.6 Å². The maximum Gasteiger partial charge on any atom is 0.237 e. The maximum atomic E-state index is 12.1. The first-order chi connectivity index (χ1) is 11.5. The van der Waals surface area contributed by atoms with Crippen LogP contribution in [0.15, 0.2) is 24.3 Å². The third-order valence-corrected chi connectivity index (χ3v) is 4.58. The molecule has 0 aliphatic carbocycles. The number of hydrogen-bond donors (Lipinski definition) is 1. The Bertz CT molecular complexity index is 531. The highest BCUT2D eigenvalue weighted by Gasteiger charge is 2.25. The molecule has 1 fully saturated rings. The number of carbonyl (C=O) groups is 1. The monoisotopic (exact) mass is 353 g/mol. The van der Waals surface area contributed by atoms with Crippen LogP contribution in [0.25, 0.3) is 0 Å². The van der Waals surface area contributed by atoms with Gasteiger partial charge in [-0.3, -0.25) is 14.6 Å². The van der Waals surface area contributed by atoms with Gasteiger partial charge in [-0.1, -0.05) is 23.7 Å². The number of nitrogens with zero attached hydrogens (tertiary/aromatic N) is 2. The number of para-hydroxylation sites is 1. The lowest BCUT2D eigenvalue weighted by molar-refractivity contribution is -0.127. The number of piperazine rings is 1. The molecule has 1 unspecified atom stereocenters. The average molecular weight is 354 g/mol. The molecule has 6 heteroatoms. The largest absolute Gasteiger partial charge is 0.491 e. The van der Waals surface area contributed by atoms with Crippen molar-refractivity contribution in [2.24, 2.45) is 0 Å². The normalized spacial score (nSPS) is 17.7. The molecule has 1 atom stereocenters. The maximum absolute atomic E-state index is 12.1. The molecule has 1 N–H and O–H groups in total. The summed E-state index contributed by atoms with van der Waals surface area (Å²) >= 11 is 6.08. The Morgan fingerprint density at radius 1 is 1.21 bits per heavy atom. The van der Waals surface area contributed by atoms with Crippen LogP contribution in [0.3, 0.4) is 0 Å². The Hall–Kier alpha value is -1.30. The molecule has 0 saturated carbocycles. The Balaban J connectivity index is 1.69. The standard InChI is InChI=1S/C18H28ClN3O2/c1-14(2)20-18(23)15(3)22-10-8-21(9-11-22)12-13-24-17-7-5-4-6-16(17)19/h4-7,14-15H,8-13H2,1-3H3,(H,20,23). The highest BCUT2D eigenvalue weighted by atomic mass is 35.5. The molecule has 2 rings (SSSR count). The second-order valence-electron chi connectivity index (χ2n) is 6.50. The Kier molecular flexibility index (Phi) is 7.34. The van der Waals surface area contributed by atoms with Gasteiger partial charge in [0.2, 0.25) is 5.91 Å². The minimum absolute atomic E-state index is 0.0751. The summed E-state index contributed by atoms with van der Waals surface area (Å²) in [5, 5.41) is 3.63. The van der Waals surface area contributed by atoms with Gasteiger partial charge < -0.3 is 10.1 Å². The highest BCUT2D eigenvalue weighted by molar-refractivity contribution is 6.32. The highest BCUT2D eigenvalue weighted by Crippen LogP contribution is 2.22. The fourth-order valence-corrected chi connectivity index (χ4v) is 2.98. The lowest BCUT2D eigenvalue weighted by Gasteiger charge is -2.37. The van der Waals surface area contributed by atoms with Crippen LogP contribution in [0.4, 0.5) is 0 Å². The van der Waals surface area contributed by atoms with E-state index in [0.29, 0.717) is 11.6 Å². The number of ether oxygens (including phenoxy) is 1. The zero-order chi connectivity index (χ0) is 17.5. The first-order valence-corrected chi connectivity index (χ1v) is 8.99. The lowest BCUT2D eigenvalue weighted by atomic mass is 10.2. The third-order valence-electron chi connectivity index (χ3n) is 4.27. The van der Waals surface area contributed by atoms with E-state index in [4.69, 9.17) is 16.3 Å². The fourth-order valence-electron chi connectivity index (χ4n) is 2.79. The minimum atomic E-state index is -0.0751. The van der Waals surface area contributed by atoms with E-state index in [2.05, 4.69) is 15.1 Å². The van der Waals surface area contributed by atoms with Gasteiger partial charge in [-0.05, 0) is 32.9 Å². The van der Waals surface area contributed by atoms with Crippen molar-refractivity contribution < 1.29 is 9.53 Å². The van der Waals surface area contributed by atoms with Crippen LogP contribution in [0.1, 0.15) is 20.8 Å². The Labute approximate surface area is 149 Å². The van der Waals surface area contributed by atoms with Crippen molar-refractivity contribution in [1.29, 1.82) is 0 Å². The number of halogens is 1. The Morgan fingerprint density at radius 2 is 1.88 bits per heavy atom. The number of hydrogen-bond acceptors (Lipinski definition) is 4. The van der Waals surface area contributed by atoms with Crippen LogP contribution < -0.4 is 10.1 Å². The summed E-state index contributed by atoms with van der Waals surface area (Å²) in [7, 11) is 0. The predicted molar refractivity (Wildman–Crippen MR) is 97.7 cm³/mol. The summed E-state index contributed by atoms with van der Waals surface area (Å²) in [6, 6.07) is 7.64. The molecule has 5 nitrogen and oxygen atoms in total. The van der Waals surface area contributed by atoms with Crippen molar-refractivity contribution in [3.8, 4) is 5.75 Å². The first kappa shape index (κ1) is 19.0. The van der Waals surface area contributed by atoms with E-state index >= 15 is 0 Å². The van der Waals surface area contributed by atoms with Crippen molar-refractivity contribution in [3.63, 3.8) is 0 Å². The molecule has 1 aliphatic rings. The number of amides is 1. The van der Waals surface area contributed by atoms with Gasteiger partial charge in [0, 0.05) is 38.8 Å². The molecule has 1 saturated heterocycles. The number of benzene rings is 1. The zero-order valence-electron chi connectivity index (χ0n) is 14.8. The van der Waals surface area contributed by atoms with Crippen molar-refractivity contribution in [2.45, 2.75) is 32.9 Å². The SMILES string of the molecule is CC(C)NC(=O)C(C)N1CCN(CCOc2ccccc2Cl)CC1. The average Bonchev–Trinajstić information content (AvgIpc) is 2.56. The summed E-state index contributed by atoms with van der Waals surface area (Å²) in [5.41, 5.74) is 0. The summed E-state index contributed by atoms with van der Waals surface area (Å²) < 4.78 is 5.74. The van der Waals surface area contributed by atoms with Gasteiger partial charge in [0.1, 0.15) is 12.4 Å². The van der Waals surface area contributed by atoms with Gasteiger partial charge in [0.05, 0.1) is 11.1 Å². The van der Waals surface area contributed by atoms with Crippen LogP contribution in [-0.2, 0) is 4.79 Å². The molecule has 1 aromatic rings. The van der Waals surface area contributed by atoms with Gasteiger partial charge in [-0.15, -0.1) is 0 Å². The second kappa shape index (κ2) is 9.25. The number of carbonyl (C=O) groups excluding carboxylic acids is 1. The lowest BCUT2D eigenvalue weighted by Crippen LogP contribution is -2.54. The summed E-state index contributed by atoms with van der Waals surface area (Å²) in [6.45, 7) is 11.1. The van der Waals surface area contributed by atoms with Crippen LogP contribution in [-0.4, -0.2) is 67.1 Å². The molecular formula is C18H28ClN3O2. The molecule has 1 aromatic carbocycles. The van der Waals surface area contributed by atoms with E-state index in [-0.39, 0.29) is 18.0 Å². The zero-order valence-corrected chi connectivity index (χ0v) is 15.6. The molecule has 1 aliphatic heterocycles. The Morgan fingerprint density at radius 3 is 2.50 bits per heavy atom. The molecule has 134 valence electrons. The first-order valence-electron chi connectivity index (χ1n) is 8.61. The van der Waals surface area contributed by atoms with Crippen LogP contribution in [0, 0.1) is 0 Å². The molecule has 0 bridgehead atoms. The molecule has 0 aromatic heterocycles. The van der Waals surface area contributed by atoms with Crippen LogP contribution in [0.5, 0.6) is 5.75 Å². The predicted octanol–water partition coefficient (Wildman–Crippen LogP) is 2.25. The summed E-state index contributed by atoms with van der Waals surface area (Å²) in [4.78, 5) is 16.7. The smallest absolute Gasteiger partial charge is 0.237 e. The van der Waals surface area contributed by atoms with Crippen molar-refractivity contribution in [1.82, 2.24) is 15.1 Å². The van der Waals surface area contributed by atoms with Gasteiger partial charge in [-0.2, -0.15) is 0 Å². The number of nitrogens with one attached hydrogen (secondary N) is 1. The fraction of sp³-hybridized carbons (Fsp3) is 0.611. The van der Waals surface area contributed by atoms with E-state index in [1.165, 1.54) is 0 Å². The van der Waals surface area contributed by atoms with Gasteiger partial charge >= 0.3 is 0 Å². The molecular weight excluding hydrogens is 326 g/mol. The summed E-state index contributed by atoms with van der Waals surface area (Å²) in [5.74, 6) is 0.845.